The highest BCUT2D eigenvalue weighted by atomic mass is 16.5. The fraction of sp³-hybridized carbons (Fsp3) is 0.250. The van der Waals surface area contributed by atoms with E-state index in [0.717, 1.165) is 23.1 Å². The van der Waals surface area contributed by atoms with Gasteiger partial charge in [0.05, 0.1) is 12.6 Å². The average Bonchev–Trinajstić information content (AvgIpc) is 3.23. The van der Waals surface area contributed by atoms with E-state index in [1.165, 1.54) is 10.9 Å². The van der Waals surface area contributed by atoms with Gasteiger partial charge in [0.1, 0.15) is 0 Å². The molecule has 3 heterocycles. The van der Waals surface area contributed by atoms with E-state index in [1.54, 1.807) is 0 Å². The number of nitrogens with one attached hydrogen (secondary N) is 1. The topological polar surface area (TPSA) is 45.3 Å². The monoisotopic (exact) mass is 318 g/mol. The number of rotatable bonds is 2. The van der Waals surface area contributed by atoms with Crippen molar-refractivity contribution in [2.75, 3.05) is 6.61 Å². The Morgan fingerprint density at radius 3 is 2.92 bits per heavy atom. The van der Waals surface area contributed by atoms with E-state index < -0.39 is 5.72 Å². The Bertz CT molecular complexity index is 961. The van der Waals surface area contributed by atoms with Gasteiger partial charge in [0.2, 0.25) is 0 Å². The minimum atomic E-state index is -0.634. The number of benzene rings is 2. The number of ether oxygens (including phenoxy) is 1. The summed E-state index contributed by atoms with van der Waals surface area (Å²) in [6, 6.07) is 16.1. The number of hydrogen-bond acceptors (Lipinski definition) is 2. The fourth-order valence-corrected chi connectivity index (χ4v) is 4.23. The number of aromatic nitrogens is 1. The van der Waals surface area contributed by atoms with Gasteiger partial charge in [-0.15, -0.1) is 0 Å². The van der Waals surface area contributed by atoms with Gasteiger partial charge in [-0.2, -0.15) is 0 Å². The Morgan fingerprint density at radius 2 is 2.00 bits per heavy atom. The molecule has 4 nitrogen and oxygen atoms in total. The van der Waals surface area contributed by atoms with E-state index in [2.05, 4.69) is 17.1 Å². The third kappa shape index (κ3) is 1.69. The first-order valence-electron chi connectivity index (χ1n) is 8.30. The Hall–Kier alpha value is -2.59. The minimum Gasteiger partial charge on any atom is -0.361 e. The average molecular weight is 318 g/mol. The fourth-order valence-electron chi connectivity index (χ4n) is 4.23. The van der Waals surface area contributed by atoms with E-state index in [-0.39, 0.29) is 11.9 Å². The molecule has 2 atom stereocenters. The molecular formula is C20H18N2O2. The van der Waals surface area contributed by atoms with Gasteiger partial charge in [0.15, 0.2) is 5.72 Å². The first-order valence-corrected chi connectivity index (χ1v) is 8.30. The van der Waals surface area contributed by atoms with Gasteiger partial charge in [-0.1, -0.05) is 36.4 Å². The van der Waals surface area contributed by atoms with Crippen molar-refractivity contribution in [1.82, 2.24) is 9.88 Å². The number of nitrogens with zero attached hydrogens (tertiary/aromatic N) is 1. The molecule has 1 N–H and O–H groups in total. The number of aromatic amines is 1. The van der Waals surface area contributed by atoms with Crippen LogP contribution in [-0.2, 0) is 16.9 Å². The maximum absolute atomic E-state index is 12.9. The van der Waals surface area contributed by atoms with Crippen LogP contribution in [0.5, 0.6) is 0 Å². The van der Waals surface area contributed by atoms with Gasteiger partial charge in [0, 0.05) is 28.2 Å². The molecule has 0 aliphatic carbocycles. The van der Waals surface area contributed by atoms with Crippen LogP contribution in [0.25, 0.3) is 10.9 Å². The number of carbonyl (C=O) groups excluding carboxylic acids is 1. The second-order valence-corrected chi connectivity index (χ2v) is 6.73. The van der Waals surface area contributed by atoms with Crippen LogP contribution >= 0.6 is 0 Å². The molecule has 1 fully saturated rings. The van der Waals surface area contributed by atoms with Crippen molar-refractivity contribution in [3.63, 3.8) is 0 Å². The highest BCUT2D eigenvalue weighted by Gasteiger charge is 2.54. The van der Waals surface area contributed by atoms with Crippen molar-refractivity contribution in [2.45, 2.75) is 25.1 Å². The quantitative estimate of drug-likeness (QED) is 0.787. The lowest BCUT2D eigenvalue weighted by Gasteiger charge is -2.30. The molecule has 0 unspecified atom stereocenters. The van der Waals surface area contributed by atoms with Crippen LogP contribution in [0, 0.1) is 0 Å². The molecule has 0 bridgehead atoms. The maximum Gasteiger partial charge on any atom is 0.257 e. The number of carbonyl (C=O) groups is 1. The predicted molar refractivity (Wildman–Crippen MR) is 91.7 cm³/mol. The van der Waals surface area contributed by atoms with Gasteiger partial charge in [-0.3, -0.25) is 4.79 Å². The van der Waals surface area contributed by atoms with E-state index in [0.29, 0.717) is 6.61 Å². The van der Waals surface area contributed by atoms with Crippen molar-refractivity contribution >= 4 is 16.8 Å². The van der Waals surface area contributed by atoms with Crippen LogP contribution in [0.4, 0.5) is 0 Å². The van der Waals surface area contributed by atoms with E-state index in [1.807, 2.05) is 54.4 Å². The second-order valence-electron chi connectivity index (χ2n) is 6.73. The Labute approximate surface area is 140 Å². The summed E-state index contributed by atoms with van der Waals surface area (Å²) >= 11 is 0. The smallest absolute Gasteiger partial charge is 0.257 e. The van der Waals surface area contributed by atoms with Crippen LogP contribution in [0.1, 0.15) is 28.4 Å². The van der Waals surface area contributed by atoms with E-state index in [9.17, 15) is 4.79 Å². The molecule has 3 aromatic rings. The normalized spacial score (nSPS) is 25.3. The lowest BCUT2D eigenvalue weighted by atomic mass is 10.0. The second kappa shape index (κ2) is 4.71. The van der Waals surface area contributed by atoms with Crippen LogP contribution in [0.3, 0.4) is 0 Å². The third-order valence-corrected chi connectivity index (χ3v) is 5.39. The van der Waals surface area contributed by atoms with Gasteiger partial charge in [-0.25, -0.2) is 0 Å². The molecule has 1 aromatic heterocycles. The van der Waals surface area contributed by atoms with Crippen molar-refractivity contribution in [1.29, 1.82) is 0 Å². The molecule has 5 rings (SSSR count). The minimum absolute atomic E-state index is 0.0501. The summed E-state index contributed by atoms with van der Waals surface area (Å²) in [6.07, 6.45) is 2.84. The van der Waals surface area contributed by atoms with Crippen molar-refractivity contribution in [2.24, 2.45) is 0 Å². The molecule has 1 saturated heterocycles. The summed E-state index contributed by atoms with van der Waals surface area (Å²) in [4.78, 5) is 18.2. The van der Waals surface area contributed by atoms with Gasteiger partial charge >= 0.3 is 0 Å². The number of para-hydroxylation sites is 1. The summed E-state index contributed by atoms with van der Waals surface area (Å²) in [5.74, 6) is 0.0791. The van der Waals surface area contributed by atoms with Gasteiger partial charge in [-0.05, 0) is 31.0 Å². The lowest BCUT2D eigenvalue weighted by molar-refractivity contribution is -0.0510. The number of H-pyrrole nitrogens is 1. The lowest BCUT2D eigenvalue weighted by Crippen LogP contribution is -2.42. The Morgan fingerprint density at radius 1 is 1.21 bits per heavy atom. The van der Waals surface area contributed by atoms with Crippen molar-refractivity contribution < 1.29 is 9.53 Å². The third-order valence-electron chi connectivity index (χ3n) is 5.39. The molecular weight excluding hydrogens is 300 g/mol. The van der Waals surface area contributed by atoms with Crippen LogP contribution < -0.4 is 0 Å². The van der Waals surface area contributed by atoms with E-state index >= 15 is 0 Å². The zero-order chi connectivity index (χ0) is 16.3. The summed E-state index contributed by atoms with van der Waals surface area (Å²) in [7, 11) is 0. The highest BCUT2D eigenvalue weighted by Crippen LogP contribution is 2.45. The number of amides is 1. The molecule has 1 amide bonds. The predicted octanol–water partition coefficient (Wildman–Crippen LogP) is 3.44. The summed E-state index contributed by atoms with van der Waals surface area (Å²) in [5, 5.41) is 1.22. The highest BCUT2D eigenvalue weighted by molar-refractivity contribution is 6.00. The Kier molecular flexibility index (Phi) is 2.71. The molecule has 24 heavy (non-hydrogen) atoms. The molecule has 4 heteroatoms. The zero-order valence-corrected chi connectivity index (χ0v) is 13.5. The molecule has 0 saturated carbocycles. The van der Waals surface area contributed by atoms with Crippen LogP contribution in [0.2, 0.25) is 0 Å². The molecule has 2 aliphatic rings. The van der Waals surface area contributed by atoms with Crippen molar-refractivity contribution in [3.05, 3.63) is 71.4 Å². The van der Waals surface area contributed by atoms with Crippen LogP contribution in [-0.4, -0.2) is 28.4 Å². The molecule has 0 spiro atoms. The molecule has 0 radical (unpaired) electrons. The standard InChI is InChI=1S/C20H18N2O2/c1-20-17-8-4-2-7-16(17)19(23)22(20)14(12-24-20)10-13-11-21-18-9-5-3-6-15(13)18/h2-9,11,14,21H,10,12H2,1H3/t14-,20+/m1/s1. The largest absolute Gasteiger partial charge is 0.361 e. The maximum atomic E-state index is 12.9. The first-order chi connectivity index (χ1) is 11.7. The number of hydrogen-bond donors (Lipinski definition) is 1. The molecule has 2 aromatic carbocycles. The zero-order valence-electron chi connectivity index (χ0n) is 13.5. The molecule has 120 valence electrons. The molecule has 2 aliphatic heterocycles. The summed E-state index contributed by atoms with van der Waals surface area (Å²) in [5.41, 5.74) is 3.47. The Balaban J connectivity index is 1.53. The van der Waals surface area contributed by atoms with Gasteiger partial charge < -0.3 is 14.6 Å². The van der Waals surface area contributed by atoms with E-state index in [4.69, 9.17) is 4.74 Å². The van der Waals surface area contributed by atoms with Gasteiger partial charge in [0.25, 0.3) is 5.91 Å². The first kappa shape index (κ1) is 13.8. The summed E-state index contributed by atoms with van der Waals surface area (Å²) in [6.45, 7) is 2.57. The SMILES string of the molecule is C[C@@]12OC[C@@H](Cc3c[nH]c4ccccc34)N1C(=O)c1ccccc12. The number of fused-ring (bicyclic) bond motifs is 4. The van der Waals surface area contributed by atoms with Crippen molar-refractivity contribution in [3.8, 4) is 0 Å². The van der Waals surface area contributed by atoms with Crippen LogP contribution in [0.15, 0.2) is 54.7 Å². The summed E-state index contributed by atoms with van der Waals surface area (Å²) < 4.78 is 6.13.